The van der Waals surface area contributed by atoms with Crippen molar-refractivity contribution in [2.24, 2.45) is 0 Å². The number of aromatic nitrogens is 2. The Morgan fingerprint density at radius 3 is 3.05 bits per heavy atom. The summed E-state index contributed by atoms with van der Waals surface area (Å²) in [5, 5.41) is 9.24. The largest absolute Gasteiger partial charge is 0.483 e. The second-order valence-corrected chi connectivity index (χ2v) is 4.89. The van der Waals surface area contributed by atoms with Crippen molar-refractivity contribution in [2.75, 3.05) is 11.9 Å². The van der Waals surface area contributed by atoms with E-state index in [1.165, 1.54) is 18.2 Å². The summed E-state index contributed by atoms with van der Waals surface area (Å²) in [6.45, 7) is 1.79. The summed E-state index contributed by atoms with van der Waals surface area (Å²) in [5.74, 6) is 0.278. The van der Waals surface area contributed by atoms with Gasteiger partial charge in [-0.3, -0.25) is 9.89 Å². The molecule has 0 radical (unpaired) electrons. The summed E-state index contributed by atoms with van der Waals surface area (Å²) in [6.07, 6.45) is 2.42. The predicted molar refractivity (Wildman–Crippen MR) is 76.2 cm³/mol. The SMILES string of the molecule is CCc1cn[nH]c1NC(=O)COc1ccc(F)cc1Br. The van der Waals surface area contributed by atoms with Gasteiger partial charge in [-0.1, -0.05) is 6.92 Å². The number of rotatable bonds is 5. The van der Waals surface area contributed by atoms with Gasteiger partial charge in [-0.15, -0.1) is 0 Å². The molecule has 0 bridgehead atoms. The highest BCUT2D eigenvalue weighted by Gasteiger charge is 2.10. The van der Waals surface area contributed by atoms with Gasteiger partial charge in [0.25, 0.3) is 5.91 Å². The van der Waals surface area contributed by atoms with Crippen LogP contribution in [0.15, 0.2) is 28.9 Å². The van der Waals surface area contributed by atoms with E-state index < -0.39 is 0 Å². The average Bonchev–Trinajstić information content (AvgIpc) is 2.85. The minimum Gasteiger partial charge on any atom is -0.483 e. The topological polar surface area (TPSA) is 67.0 Å². The van der Waals surface area contributed by atoms with E-state index in [1.807, 2.05) is 6.92 Å². The number of halogens is 2. The molecule has 0 unspecified atom stereocenters. The number of hydrogen-bond acceptors (Lipinski definition) is 3. The lowest BCUT2D eigenvalue weighted by Gasteiger charge is -2.08. The van der Waals surface area contributed by atoms with Crippen molar-refractivity contribution in [3.63, 3.8) is 0 Å². The Bertz CT molecular complexity index is 615. The monoisotopic (exact) mass is 341 g/mol. The van der Waals surface area contributed by atoms with Crippen molar-refractivity contribution in [1.82, 2.24) is 10.2 Å². The van der Waals surface area contributed by atoms with Gasteiger partial charge in [0.05, 0.1) is 10.7 Å². The van der Waals surface area contributed by atoms with Gasteiger partial charge in [0.2, 0.25) is 0 Å². The van der Waals surface area contributed by atoms with Crippen LogP contribution in [0, 0.1) is 5.82 Å². The number of carbonyl (C=O) groups is 1. The maximum atomic E-state index is 12.9. The van der Waals surface area contributed by atoms with Gasteiger partial charge in [-0.25, -0.2) is 4.39 Å². The predicted octanol–water partition coefficient (Wildman–Crippen LogP) is 2.89. The molecule has 1 heterocycles. The lowest BCUT2D eigenvalue weighted by molar-refractivity contribution is -0.118. The molecule has 2 aromatic rings. The Hall–Kier alpha value is -1.89. The van der Waals surface area contributed by atoms with Crippen LogP contribution in [0.4, 0.5) is 10.2 Å². The molecule has 0 spiro atoms. The number of anilines is 1. The molecule has 0 saturated heterocycles. The summed E-state index contributed by atoms with van der Waals surface area (Å²) in [7, 11) is 0. The van der Waals surface area contributed by atoms with Crippen LogP contribution in [-0.2, 0) is 11.2 Å². The molecule has 106 valence electrons. The number of H-pyrrole nitrogens is 1. The van der Waals surface area contributed by atoms with Crippen LogP contribution in [0.25, 0.3) is 0 Å². The lowest BCUT2D eigenvalue weighted by atomic mass is 10.2. The fraction of sp³-hybridized carbons (Fsp3) is 0.231. The number of carbonyl (C=O) groups excluding carboxylic acids is 1. The molecule has 1 aromatic carbocycles. The zero-order valence-electron chi connectivity index (χ0n) is 10.7. The average molecular weight is 342 g/mol. The molecular formula is C13H13BrFN3O2. The molecule has 0 aliphatic rings. The zero-order chi connectivity index (χ0) is 14.5. The normalized spacial score (nSPS) is 10.3. The third-order valence-electron chi connectivity index (χ3n) is 2.62. The number of nitrogens with zero attached hydrogens (tertiary/aromatic N) is 1. The van der Waals surface area contributed by atoms with Crippen molar-refractivity contribution < 1.29 is 13.9 Å². The quantitative estimate of drug-likeness (QED) is 0.878. The van der Waals surface area contributed by atoms with Gasteiger partial charge in [-0.2, -0.15) is 5.10 Å². The van der Waals surface area contributed by atoms with Gasteiger partial charge in [0.1, 0.15) is 17.4 Å². The van der Waals surface area contributed by atoms with Crippen LogP contribution in [0.2, 0.25) is 0 Å². The summed E-state index contributed by atoms with van der Waals surface area (Å²) in [4.78, 5) is 11.8. The minimum absolute atomic E-state index is 0.174. The Morgan fingerprint density at radius 1 is 1.55 bits per heavy atom. The Kier molecular flexibility index (Phi) is 4.73. The molecule has 0 aliphatic heterocycles. The van der Waals surface area contributed by atoms with E-state index in [4.69, 9.17) is 4.74 Å². The van der Waals surface area contributed by atoms with Gasteiger partial charge in [0.15, 0.2) is 6.61 Å². The molecule has 0 fully saturated rings. The van der Waals surface area contributed by atoms with E-state index >= 15 is 0 Å². The molecule has 1 amide bonds. The van der Waals surface area contributed by atoms with Gasteiger partial charge in [0, 0.05) is 5.56 Å². The van der Waals surface area contributed by atoms with Crippen molar-refractivity contribution in [3.8, 4) is 5.75 Å². The third-order valence-corrected chi connectivity index (χ3v) is 3.24. The minimum atomic E-state index is -0.376. The highest BCUT2D eigenvalue weighted by molar-refractivity contribution is 9.10. The molecule has 20 heavy (non-hydrogen) atoms. The van der Waals surface area contributed by atoms with Gasteiger partial charge in [-0.05, 0) is 40.5 Å². The highest BCUT2D eigenvalue weighted by Crippen LogP contribution is 2.25. The van der Waals surface area contributed by atoms with Crippen molar-refractivity contribution in [1.29, 1.82) is 0 Å². The first-order chi connectivity index (χ1) is 9.60. The maximum Gasteiger partial charge on any atom is 0.263 e. The van der Waals surface area contributed by atoms with Gasteiger partial charge >= 0.3 is 0 Å². The fourth-order valence-electron chi connectivity index (χ4n) is 1.60. The zero-order valence-corrected chi connectivity index (χ0v) is 12.3. The van der Waals surface area contributed by atoms with E-state index in [0.29, 0.717) is 16.0 Å². The maximum absolute atomic E-state index is 12.9. The summed E-state index contributed by atoms with van der Waals surface area (Å²) in [6, 6.07) is 4.00. The summed E-state index contributed by atoms with van der Waals surface area (Å²) in [5.41, 5.74) is 0.918. The second-order valence-electron chi connectivity index (χ2n) is 4.04. The van der Waals surface area contributed by atoms with Crippen LogP contribution in [0.1, 0.15) is 12.5 Å². The van der Waals surface area contributed by atoms with Crippen molar-refractivity contribution >= 4 is 27.7 Å². The van der Waals surface area contributed by atoms with E-state index in [2.05, 4.69) is 31.4 Å². The smallest absolute Gasteiger partial charge is 0.263 e. The lowest BCUT2D eigenvalue weighted by Crippen LogP contribution is -2.21. The molecule has 0 saturated carbocycles. The number of ether oxygens (including phenoxy) is 1. The van der Waals surface area contributed by atoms with Gasteiger partial charge < -0.3 is 10.1 Å². The van der Waals surface area contributed by atoms with Crippen molar-refractivity contribution in [2.45, 2.75) is 13.3 Å². The first-order valence-corrected chi connectivity index (χ1v) is 6.79. The second kappa shape index (κ2) is 6.51. The first kappa shape index (κ1) is 14.5. The van der Waals surface area contributed by atoms with Crippen molar-refractivity contribution in [3.05, 3.63) is 40.2 Å². The standard InChI is InChI=1S/C13H13BrFN3O2/c1-2-8-6-16-18-13(8)17-12(19)7-20-11-4-3-9(15)5-10(11)14/h3-6H,2,7H2,1H3,(H2,16,17,18,19). The molecule has 1 aromatic heterocycles. The Balaban J connectivity index is 1.92. The summed E-state index contributed by atoms with van der Waals surface area (Å²) < 4.78 is 18.7. The number of aromatic amines is 1. The van der Waals surface area contributed by atoms with E-state index in [0.717, 1.165) is 12.0 Å². The van der Waals surface area contributed by atoms with Crippen LogP contribution in [0.5, 0.6) is 5.75 Å². The number of nitrogens with one attached hydrogen (secondary N) is 2. The fourth-order valence-corrected chi connectivity index (χ4v) is 2.06. The van der Waals surface area contributed by atoms with Crippen LogP contribution in [-0.4, -0.2) is 22.7 Å². The summed E-state index contributed by atoms with van der Waals surface area (Å²) >= 11 is 3.17. The van der Waals surface area contributed by atoms with E-state index in [1.54, 1.807) is 6.20 Å². The molecule has 2 rings (SSSR count). The molecule has 0 atom stereocenters. The highest BCUT2D eigenvalue weighted by atomic mass is 79.9. The Morgan fingerprint density at radius 2 is 2.35 bits per heavy atom. The first-order valence-electron chi connectivity index (χ1n) is 6.00. The third kappa shape index (κ3) is 3.57. The number of amides is 1. The molecule has 0 aliphatic carbocycles. The van der Waals surface area contributed by atoms with E-state index in [9.17, 15) is 9.18 Å². The molecule has 2 N–H and O–H groups in total. The molecule has 5 nitrogen and oxygen atoms in total. The number of benzene rings is 1. The Labute approximate surface area is 123 Å². The number of aryl methyl sites for hydroxylation is 1. The molecular weight excluding hydrogens is 329 g/mol. The van der Waals surface area contributed by atoms with E-state index in [-0.39, 0.29) is 18.3 Å². The van der Waals surface area contributed by atoms with Crippen LogP contribution >= 0.6 is 15.9 Å². The van der Waals surface area contributed by atoms with Crippen LogP contribution < -0.4 is 10.1 Å². The molecule has 7 heteroatoms. The number of hydrogen-bond donors (Lipinski definition) is 2. The van der Waals surface area contributed by atoms with Crippen LogP contribution in [0.3, 0.4) is 0 Å².